The first-order valence-electron chi connectivity index (χ1n) is 19.8. The Hall–Kier alpha value is -3.52. The third-order valence-corrected chi connectivity index (χ3v) is 10.5. The molecule has 0 atom stereocenters. The molecule has 0 fully saturated rings. The summed E-state index contributed by atoms with van der Waals surface area (Å²) in [7, 11) is 0. The summed E-state index contributed by atoms with van der Waals surface area (Å²) in [6.07, 6.45) is 28.3. The number of unbranched alkanes of at least 4 members (excludes halogenated alkanes) is 16. The van der Waals surface area contributed by atoms with Gasteiger partial charge in [-0.2, -0.15) is 0 Å². The molecule has 0 radical (unpaired) electrons. The Morgan fingerprint density at radius 2 is 0.592 bits per heavy atom. The monoisotopic (exact) mass is 659 g/mol. The molecular weight excluding hydrogens is 593 g/mol. The lowest BCUT2D eigenvalue weighted by Crippen LogP contribution is -1.95. The third kappa shape index (κ3) is 15.3. The Labute approximate surface area is 300 Å². The number of anilines is 2. The molecular formula is C47H66N2. The molecule has 2 nitrogen and oxygen atoms in total. The van der Waals surface area contributed by atoms with Gasteiger partial charge in [0.15, 0.2) is 0 Å². The Morgan fingerprint density at radius 3 is 0.878 bits per heavy atom. The molecule has 0 aromatic heterocycles. The van der Waals surface area contributed by atoms with Gasteiger partial charge in [-0.1, -0.05) is 157 Å². The lowest BCUT2D eigenvalue weighted by atomic mass is 9.98. The number of benzene rings is 4. The van der Waals surface area contributed by atoms with E-state index >= 15 is 0 Å². The molecule has 2 heteroatoms. The lowest BCUT2D eigenvalue weighted by Gasteiger charge is -2.08. The van der Waals surface area contributed by atoms with Gasteiger partial charge in [0.1, 0.15) is 0 Å². The first kappa shape index (κ1) is 38.3. The second kappa shape index (κ2) is 22.2. The fourth-order valence-corrected chi connectivity index (χ4v) is 7.23. The van der Waals surface area contributed by atoms with Gasteiger partial charge >= 0.3 is 0 Å². The first-order valence-corrected chi connectivity index (χ1v) is 19.8. The van der Waals surface area contributed by atoms with E-state index in [4.69, 9.17) is 11.5 Å². The van der Waals surface area contributed by atoms with Gasteiger partial charge in [-0.05, 0) is 121 Å². The van der Waals surface area contributed by atoms with Crippen LogP contribution in [-0.4, -0.2) is 0 Å². The molecule has 0 saturated carbocycles. The summed E-state index contributed by atoms with van der Waals surface area (Å²) in [5, 5.41) is 0. The van der Waals surface area contributed by atoms with Crippen LogP contribution >= 0.6 is 0 Å². The van der Waals surface area contributed by atoms with Gasteiger partial charge in [0.2, 0.25) is 0 Å². The van der Waals surface area contributed by atoms with Gasteiger partial charge in [0, 0.05) is 11.4 Å². The highest BCUT2D eigenvalue weighted by Crippen LogP contribution is 2.20. The van der Waals surface area contributed by atoms with E-state index in [0.29, 0.717) is 0 Å². The summed E-state index contributed by atoms with van der Waals surface area (Å²) in [6, 6.07) is 31.0. The number of hydrogen-bond acceptors (Lipinski definition) is 2. The van der Waals surface area contributed by atoms with E-state index in [-0.39, 0.29) is 0 Å². The standard InChI is InChI=1S/C47H66N2/c1-38-34-46(48)32-30-44(38)36-42-26-22-40(23-27-42)20-18-16-14-12-10-8-6-4-3-5-7-9-11-13-15-17-19-21-41-24-28-43(29-25-41)37-45-31-33-47(49)35-39(45)2/h22-35H,3-21,36-37,48-49H2,1-2H3. The topological polar surface area (TPSA) is 52.0 Å². The van der Waals surface area contributed by atoms with Crippen LogP contribution in [-0.2, 0) is 25.7 Å². The Balaban J connectivity index is 0.880. The SMILES string of the molecule is Cc1cc(N)ccc1Cc1ccc(CCCCCCCCCCCCCCCCCCCc2ccc(Cc3ccc(N)cc3C)cc2)cc1. The molecule has 0 aliphatic rings. The summed E-state index contributed by atoms with van der Waals surface area (Å²) in [4.78, 5) is 0. The van der Waals surface area contributed by atoms with Crippen molar-refractivity contribution in [3.05, 3.63) is 129 Å². The molecule has 0 saturated heterocycles. The second-order valence-corrected chi connectivity index (χ2v) is 14.9. The lowest BCUT2D eigenvalue weighted by molar-refractivity contribution is 0.525. The highest BCUT2D eigenvalue weighted by molar-refractivity contribution is 5.46. The zero-order chi connectivity index (χ0) is 34.5. The molecule has 0 bridgehead atoms. The molecule has 0 unspecified atom stereocenters. The summed E-state index contributed by atoms with van der Waals surface area (Å²) >= 11 is 0. The fraction of sp³-hybridized carbons (Fsp3) is 0.489. The normalized spacial score (nSPS) is 11.3. The number of aryl methyl sites for hydroxylation is 4. The molecule has 264 valence electrons. The summed E-state index contributed by atoms with van der Waals surface area (Å²) in [6.45, 7) is 4.30. The second-order valence-electron chi connectivity index (χ2n) is 14.9. The summed E-state index contributed by atoms with van der Waals surface area (Å²) in [5.41, 5.74) is 24.5. The van der Waals surface area contributed by atoms with E-state index in [1.807, 2.05) is 12.1 Å². The largest absolute Gasteiger partial charge is 0.399 e. The molecule has 4 aromatic carbocycles. The van der Waals surface area contributed by atoms with Crippen molar-refractivity contribution in [3.63, 3.8) is 0 Å². The van der Waals surface area contributed by atoms with Crippen molar-refractivity contribution in [2.75, 3.05) is 11.5 Å². The molecule has 4 aromatic rings. The van der Waals surface area contributed by atoms with E-state index in [9.17, 15) is 0 Å². The van der Waals surface area contributed by atoms with E-state index in [1.165, 1.54) is 167 Å². The fourth-order valence-electron chi connectivity index (χ4n) is 7.23. The number of hydrogen-bond donors (Lipinski definition) is 2. The Morgan fingerprint density at radius 1 is 0.327 bits per heavy atom. The Bertz CT molecular complexity index is 1350. The van der Waals surface area contributed by atoms with Crippen LogP contribution < -0.4 is 11.5 Å². The van der Waals surface area contributed by atoms with Crippen LogP contribution in [0.2, 0.25) is 0 Å². The van der Waals surface area contributed by atoms with Gasteiger partial charge in [0.25, 0.3) is 0 Å². The highest BCUT2D eigenvalue weighted by Gasteiger charge is 2.04. The third-order valence-electron chi connectivity index (χ3n) is 10.5. The predicted octanol–water partition coefficient (Wildman–Crippen LogP) is 13.1. The van der Waals surface area contributed by atoms with Crippen LogP contribution in [0, 0.1) is 13.8 Å². The molecule has 0 spiro atoms. The van der Waals surface area contributed by atoms with E-state index in [2.05, 4.69) is 86.6 Å². The van der Waals surface area contributed by atoms with Crippen molar-refractivity contribution in [1.29, 1.82) is 0 Å². The zero-order valence-electron chi connectivity index (χ0n) is 31.1. The van der Waals surface area contributed by atoms with Crippen molar-refractivity contribution in [3.8, 4) is 0 Å². The maximum atomic E-state index is 5.90. The van der Waals surface area contributed by atoms with Gasteiger partial charge in [-0.15, -0.1) is 0 Å². The van der Waals surface area contributed by atoms with Gasteiger partial charge in [0.05, 0.1) is 0 Å². The molecule has 0 heterocycles. The maximum Gasteiger partial charge on any atom is 0.0316 e. The quantitative estimate of drug-likeness (QED) is 0.0581. The van der Waals surface area contributed by atoms with Gasteiger partial charge < -0.3 is 11.5 Å². The van der Waals surface area contributed by atoms with Crippen LogP contribution in [0.25, 0.3) is 0 Å². The van der Waals surface area contributed by atoms with Gasteiger partial charge in [-0.25, -0.2) is 0 Å². The van der Waals surface area contributed by atoms with Crippen LogP contribution in [0.5, 0.6) is 0 Å². The van der Waals surface area contributed by atoms with Crippen LogP contribution in [0.4, 0.5) is 11.4 Å². The minimum Gasteiger partial charge on any atom is -0.399 e. The maximum absolute atomic E-state index is 5.90. The average Bonchev–Trinajstić information content (AvgIpc) is 3.09. The van der Waals surface area contributed by atoms with Gasteiger partial charge in [-0.3, -0.25) is 0 Å². The molecule has 0 aliphatic carbocycles. The van der Waals surface area contributed by atoms with Crippen LogP contribution in [0.3, 0.4) is 0 Å². The molecule has 49 heavy (non-hydrogen) atoms. The Kier molecular flexibility index (Phi) is 17.4. The van der Waals surface area contributed by atoms with E-state index < -0.39 is 0 Å². The van der Waals surface area contributed by atoms with Crippen molar-refractivity contribution in [2.24, 2.45) is 0 Å². The smallest absolute Gasteiger partial charge is 0.0316 e. The van der Waals surface area contributed by atoms with Crippen LogP contribution in [0.15, 0.2) is 84.9 Å². The van der Waals surface area contributed by atoms with Crippen molar-refractivity contribution < 1.29 is 0 Å². The molecule has 0 aliphatic heterocycles. The highest BCUT2D eigenvalue weighted by atomic mass is 14.5. The number of nitrogen functional groups attached to an aromatic ring is 2. The summed E-state index contributed by atoms with van der Waals surface area (Å²) < 4.78 is 0. The molecule has 4 N–H and O–H groups in total. The first-order chi connectivity index (χ1) is 24.0. The van der Waals surface area contributed by atoms with E-state index in [1.54, 1.807) is 0 Å². The van der Waals surface area contributed by atoms with Crippen molar-refractivity contribution in [1.82, 2.24) is 0 Å². The average molecular weight is 659 g/mol. The zero-order valence-corrected chi connectivity index (χ0v) is 31.1. The number of nitrogens with two attached hydrogens (primary N) is 2. The molecule has 0 amide bonds. The summed E-state index contributed by atoms with van der Waals surface area (Å²) in [5.74, 6) is 0. The predicted molar refractivity (Wildman–Crippen MR) is 216 cm³/mol. The minimum absolute atomic E-state index is 0.849. The van der Waals surface area contributed by atoms with Crippen molar-refractivity contribution in [2.45, 2.75) is 149 Å². The van der Waals surface area contributed by atoms with Crippen molar-refractivity contribution >= 4 is 11.4 Å². The minimum atomic E-state index is 0.849. The van der Waals surface area contributed by atoms with E-state index in [0.717, 1.165) is 24.2 Å². The number of rotatable bonds is 24. The molecule has 4 rings (SSSR count). The van der Waals surface area contributed by atoms with Crippen LogP contribution in [0.1, 0.15) is 154 Å².